The van der Waals surface area contributed by atoms with E-state index in [0.717, 1.165) is 46.4 Å². The third-order valence-corrected chi connectivity index (χ3v) is 4.59. The Morgan fingerprint density at radius 1 is 1.21 bits per heavy atom. The highest BCUT2D eigenvalue weighted by Crippen LogP contribution is 2.22. The summed E-state index contributed by atoms with van der Waals surface area (Å²) in [6.07, 6.45) is 0. The van der Waals surface area contributed by atoms with E-state index < -0.39 is 0 Å². The van der Waals surface area contributed by atoms with Gasteiger partial charge in [0.2, 0.25) is 0 Å². The molecule has 1 atom stereocenters. The van der Waals surface area contributed by atoms with Crippen molar-refractivity contribution >= 4 is 5.96 Å². The molecule has 0 aliphatic carbocycles. The topological polar surface area (TPSA) is 80.9 Å². The molecule has 2 rings (SSSR count). The van der Waals surface area contributed by atoms with Crippen molar-refractivity contribution in [2.45, 2.75) is 40.2 Å². The van der Waals surface area contributed by atoms with Crippen molar-refractivity contribution < 1.29 is 14.0 Å². The summed E-state index contributed by atoms with van der Waals surface area (Å²) < 4.78 is 16.2. The number of nitrogens with zero attached hydrogens (tertiary/aromatic N) is 2. The van der Waals surface area contributed by atoms with Crippen molar-refractivity contribution in [2.24, 2.45) is 4.99 Å². The highest BCUT2D eigenvalue weighted by molar-refractivity contribution is 5.79. The first-order chi connectivity index (χ1) is 13.5. The first-order valence-corrected chi connectivity index (χ1v) is 9.54. The molecule has 2 N–H and O–H groups in total. The van der Waals surface area contributed by atoms with Gasteiger partial charge < -0.3 is 24.6 Å². The Morgan fingerprint density at radius 3 is 2.64 bits per heavy atom. The van der Waals surface area contributed by atoms with E-state index in [0.29, 0.717) is 19.8 Å². The van der Waals surface area contributed by atoms with Crippen LogP contribution in [0.1, 0.15) is 41.0 Å². The summed E-state index contributed by atoms with van der Waals surface area (Å²) in [4.78, 5) is 4.32. The van der Waals surface area contributed by atoms with Crippen molar-refractivity contribution in [1.82, 2.24) is 15.8 Å². The molecule has 0 spiro atoms. The lowest BCUT2D eigenvalue weighted by Gasteiger charge is -2.17. The smallest absolute Gasteiger partial charge is 0.191 e. The van der Waals surface area contributed by atoms with Crippen molar-refractivity contribution in [3.8, 4) is 5.75 Å². The predicted molar refractivity (Wildman–Crippen MR) is 111 cm³/mol. The number of benzene rings is 1. The van der Waals surface area contributed by atoms with E-state index >= 15 is 0 Å². The zero-order valence-corrected chi connectivity index (χ0v) is 17.8. The van der Waals surface area contributed by atoms with Gasteiger partial charge in [0.15, 0.2) is 5.96 Å². The number of nitrogens with one attached hydrogen (secondary N) is 2. The van der Waals surface area contributed by atoms with Gasteiger partial charge in [-0.1, -0.05) is 24.2 Å². The van der Waals surface area contributed by atoms with Gasteiger partial charge in [0.1, 0.15) is 18.1 Å². The van der Waals surface area contributed by atoms with Gasteiger partial charge in [0.05, 0.1) is 12.3 Å². The molecule has 2 aromatic rings. The van der Waals surface area contributed by atoms with Crippen LogP contribution in [0.4, 0.5) is 0 Å². The zero-order chi connectivity index (χ0) is 20.5. The van der Waals surface area contributed by atoms with E-state index in [9.17, 15) is 0 Å². The van der Waals surface area contributed by atoms with Crippen LogP contribution in [-0.2, 0) is 11.3 Å². The number of aryl methyl sites for hydroxylation is 3. The van der Waals surface area contributed by atoms with Gasteiger partial charge in [-0.25, -0.2) is 0 Å². The molecule has 7 nitrogen and oxygen atoms in total. The number of guanidine groups is 1. The second-order valence-corrected chi connectivity index (χ2v) is 6.90. The largest absolute Gasteiger partial charge is 0.491 e. The molecular formula is C21H32N4O3. The van der Waals surface area contributed by atoms with Crippen LogP contribution in [0.25, 0.3) is 0 Å². The van der Waals surface area contributed by atoms with Crippen molar-refractivity contribution in [3.05, 3.63) is 46.3 Å². The number of hydrogen-bond donors (Lipinski definition) is 2. The maximum Gasteiger partial charge on any atom is 0.191 e. The summed E-state index contributed by atoms with van der Waals surface area (Å²) in [5.41, 5.74) is 4.32. The molecule has 1 aromatic heterocycles. The molecule has 0 saturated heterocycles. The molecule has 0 aliphatic rings. The first kappa shape index (κ1) is 21.8. The molecule has 7 heteroatoms. The van der Waals surface area contributed by atoms with Gasteiger partial charge >= 0.3 is 0 Å². The van der Waals surface area contributed by atoms with Crippen molar-refractivity contribution in [2.75, 3.05) is 33.9 Å². The van der Waals surface area contributed by atoms with Crippen LogP contribution in [0.5, 0.6) is 5.75 Å². The SMILES string of the molecule is CN=C(NCc1ccc(C)cc1OCCOC)NCC(C)c1c(C)noc1C. The maximum atomic E-state index is 5.86. The van der Waals surface area contributed by atoms with Crippen molar-refractivity contribution in [3.63, 3.8) is 0 Å². The molecule has 0 radical (unpaired) electrons. The number of aliphatic imine (C=N–C) groups is 1. The average Bonchev–Trinajstić information content (AvgIpc) is 3.01. The van der Waals surface area contributed by atoms with Gasteiger partial charge in [-0.2, -0.15) is 0 Å². The monoisotopic (exact) mass is 388 g/mol. The lowest BCUT2D eigenvalue weighted by atomic mass is 10.00. The number of rotatable bonds is 9. The average molecular weight is 389 g/mol. The van der Waals surface area contributed by atoms with Crippen LogP contribution in [0, 0.1) is 20.8 Å². The van der Waals surface area contributed by atoms with E-state index in [1.165, 1.54) is 0 Å². The van der Waals surface area contributed by atoms with E-state index in [2.05, 4.69) is 46.8 Å². The molecule has 0 amide bonds. The molecule has 0 saturated carbocycles. The second kappa shape index (κ2) is 10.7. The highest BCUT2D eigenvalue weighted by atomic mass is 16.5. The molecule has 154 valence electrons. The minimum Gasteiger partial charge on any atom is -0.491 e. The van der Waals surface area contributed by atoms with E-state index in [4.69, 9.17) is 14.0 Å². The fourth-order valence-electron chi connectivity index (χ4n) is 3.12. The van der Waals surface area contributed by atoms with Crippen LogP contribution in [0.3, 0.4) is 0 Å². The first-order valence-electron chi connectivity index (χ1n) is 9.54. The number of hydrogen-bond acceptors (Lipinski definition) is 5. The summed E-state index contributed by atoms with van der Waals surface area (Å²) >= 11 is 0. The summed E-state index contributed by atoms with van der Waals surface area (Å²) in [7, 11) is 3.43. The van der Waals surface area contributed by atoms with Crippen LogP contribution < -0.4 is 15.4 Å². The van der Waals surface area contributed by atoms with E-state index in [-0.39, 0.29) is 5.92 Å². The van der Waals surface area contributed by atoms with Gasteiger partial charge in [0.25, 0.3) is 0 Å². The minimum absolute atomic E-state index is 0.261. The molecule has 1 unspecified atom stereocenters. The lowest BCUT2D eigenvalue weighted by molar-refractivity contribution is 0.145. The van der Waals surface area contributed by atoms with Crippen molar-refractivity contribution in [1.29, 1.82) is 0 Å². The molecule has 1 heterocycles. The minimum atomic E-state index is 0.261. The quantitative estimate of drug-likeness (QED) is 0.390. The van der Waals surface area contributed by atoms with E-state index in [1.807, 2.05) is 19.9 Å². The standard InChI is InChI=1S/C21H32N4O3/c1-14-7-8-18(19(11-14)27-10-9-26-6)13-24-21(22-5)23-12-15(2)20-16(3)25-28-17(20)4/h7-8,11,15H,9-10,12-13H2,1-6H3,(H2,22,23,24). The number of ether oxygens (including phenoxy) is 2. The third kappa shape index (κ3) is 5.99. The molecule has 1 aromatic carbocycles. The van der Waals surface area contributed by atoms with Crippen LogP contribution in [0.2, 0.25) is 0 Å². The summed E-state index contributed by atoms with van der Waals surface area (Å²) in [6.45, 7) is 10.5. The van der Waals surface area contributed by atoms with Gasteiger partial charge in [-0.3, -0.25) is 4.99 Å². The van der Waals surface area contributed by atoms with Gasteiger partial charge in [-0.15, -0.1) is 0 Å². The number of methoxy groups -OCH3 is 1. The molecule has 28 heavy (non-hydrogen) atoms. The summed E-state index contributed by atoms with van der Waals surface area (Å²) in [5, 5.41) is 10.8. The number of aromatic nitrogens is 1. The third-order valence-electron chi connectivity index (χ3n) is 4.59. The van der Waals surface area contributed by atoms with Crippen LogP contribution >= 0.6 is 0 Å². The normalized spacial score (nSPS) is 12.7. The summed E-state index contributed by atoms with van der Waals surface area (Å²) in [6, 6.07) is 6.20. The Hall–Kier alpha value is -2.54. The summed E-state index contributed by atoms with van der Waals surface area (Å²) in [5.74, 6) is 2.73. The Kier molecular flexibility index (Phi) is 8.32. The zero-order valence-electron chi connectivity index (χ0n) is 17.8. The second-order valence-electron chi connectivity index (χ2n) is 6.90. The Balaban J connectivity index is 1.93. The van der Waals surface area contributed by atoms with Crippen LogP contribution in [0.15, 0.2) is 27.7 Å². The lowest BCUT2D eigenvalue weighted by Crippen LogP contribution is -2.38. The Bertz CT molecular complexity index is 766. The fourth-order valence-corrected chi connectivity index (χ4v) is 3.12. The molecule has 0 aliphatic heterocycles. The van der Waals surface area contributed by atoms with Crippen LogP contribution in [-0.4, -0.2) is 45.0 Å². The van der Waals surface area contributed by atoms with E-state index in [1.54, 1.807) is 14.2 Å². The Labute approximate surface area is 167 Å². The maximum absolute atomic E-state index is 5.86. The fraction of sp³-hybridized carbons (Fsp3) is 0.524. The Morgan fingerprint density at radius 2 is 2.00 bits per heavy atom. The molecule has 0 fully saturated rings. The van der Waals surface area contributed by atoms with Gasteiger partial charge in [0, 0.05) is 44.3 Å². The van der Waals surface area contributed by atoms with Gasteiger partial charge in [-0.05, 0) is 32.4 Å². The predicted octanol–water partition coefficient (Wildman–Crippen LogP) is 3.09. The molecular weight excluding hydrogens is 356 g/mol. The highest BCUT2D eigenvalue weighted by Gasteiger charge is 2.16. The molecule has 0 bridgehead atoms.